The van der Waals surface area contributed by atoms with Gasteiger partial charge < -0.3 is 18.9 Å². The number of hydrogen-bond donors (Lipinski definition) is 0. The molecule has 1 aliphatic heterocycles. The van der Waals surface area contributed by atoms with Gasteiger partial charge in [-0.3, -0.25) is 0 Å². The van der Waals surface area contributed by atoms with Crippen LogP contribution in [0.2, 0.25) is 0 Å². The van der Waals surface area contributed by atoms with Crippen molar-refractivity contribution in [2.24, 2.45) is 0 Å². The lowest BCUT2D eigenvalue weighted by Gasteiger charge is -2.37. The van der Waals surface area contributed by atoms with E-state index in [1.807, 2.05) is 0 Å². The Hall–Kier alpha value is -4.22. The topological polar surface area (TPSA) is 36.9 Å². The third kappa shape index (κ3) is 6.65. The van der Waals surface area contributed by atoms with E-state index >= 15 is 0 Å². The van der Waals surface area contributed by atoms with Gasteiger partial charge in [0.1, 0.15) is 23.0 Å². The van der Waals surface area contributed by atoms with Crippen molar-refractivity contribution >= 4 is 32.8 Å². The number of rotatable bonds is 15. The molecule has 0 fully saturated rings. The van der Waals surface area contributed by atoms with Crippen LogP contribution < -0.4 is 18.9 Å². The van der Waals surface area contributed by atoms with Crippen LogP contribution in [0.1, 0.15) is 93.0 Å². The van der Waals surface area contributed by atoms with Crippen molar-refractivity contribution in [1.82, 2.24) is 0 Å². The molecule has 2 aliphatic rings. The first-order chi connectivity index (χ1) is 24.6. The molecule has 0 unspecified atom stereocenters. The maximum Gasteiger partial charge on any atom is 0.178 e. The summed E-state index contributed by atoms with van der Waals surface area (Å²) in [5, 5.41) is 2.18. The van der Waals surface area contributed by atoms with E-state index in [4.69, 9.17) is 18.9 Å². The molecular formula is C45H47BrO4. The van der Waals surface area contributed by atoms with Gasteiger partial charge in [0.15, 0.2) is 5.60 Å². The van der Waals surface area contributed by atoms with Crippen LogP contribution in [0.5, 0.6) is 23.0 Å². The van der Waals surface area contributed by atoms with E-state index < -0.39 is 5.60 Å². The molecule has 50 heavy (non-hydrogen) atoms. The van der Waals surface area contributed by atoms with Gasteiger partial charge in [0, 0.05) is 22.1 Å². The van der Waals surface area contributed by atoms with Crippen LogP contribution >= 0.6 is 15.9 Å². The lowest BCUT2D eigenvalue weighted by Crippen LogP contribution is -2.34. The van der Waals surface area contributed by atoms with Crippen LogP contribution in [0, 0.1) is 0 Å². The highest BCUT2D eigenvalue weighted by molar-refractivity contribution is 9.10. The van der Waals surface area contributed by atoms with Gasteiger partial charge >= 0.3 is 0 Å². The lowest BCUT2D eigenvalue weighted by atomic mass is 9.82. The van der Waals surface area contributed by atoms with E-state index in [1.54, 1.807) is 7.11 Å². The fraction of sp³-hybridized carbons (Fsp3) is 0.333. The number of halogens is 1. The summed E-state index contributed by atoms with van der Waals surface area (Å²) < 4.78 is 26.5. The molecule has 0 radical (unpaired) electrons. The Kier molecular flexibility index (Phi) is 10.5. The molecule has 1 aliphatic carbocycles. The van der Waals surface area contributed by atoms with Gasteiger partial charge in [-0.25, -0.2) is 0 Å². The largest absolute Gasteiger partial charge is 0.496 e. The average molecular weight is 732 g/mol. The Bertz CT molecular complexity index is 1920. The lowest BCUT2D eigenvalue weighted by molar-refractivity contribution is 0.163. The van der Waals surface area contributed by atoms with Crippen LogP contribution in [0.3, 0.4) is 0 Å². The molecule has 4 nitrogen and oxygen atoms in total. The van der Waals surface area contributed by atoms with E-state index in [2.05, 4.69) is 127 Å². The number of fused-ring (bicyclic) bond motifs is 8. The maximum absolute atomic E-state index is 7.46. The molecule has 0 saturated carbocycles. The van der Waals surface area contributed by atoms with E-state index in [0.717, 1.165) is 87.4 Å². The summed E-state index contributed by atoms with van der Waals surface area (Å²) >= 11 is 3.79. The molecule has 5 aromatic carbocycles. The van der Waals surface area contributed by atoms with Crippen molar-refractivity contribution in [3.63, 3.8) is 0 Å². The minimum Gasteiger partial charge on any atom is -0.496 e. The summed E-state index contributed by atoms with van der Waals surface area (Å²) in [6, 6.07) is 30.0. The Morgan fingerprint density at radius 1 is 0.720 bits per heavy atom. The number of benzene rings is 5. The molecule has 5 aromatic rings. The highest BCUT2D eigenvalue weighted by atomic mass is 79.9. The van der Waals surface area contributed by atoms with Gasteiger partial charge in [-0.2, -0.15) is 0 Å². The summed E-state index contributed by atoms with van der Waals surface area (Å²) in [6.45, 7) is 5.92. The van der Waals surface area contributed by atoms with Crippen LogP contribution in [0.4, 0.5) is 0 Å². The molecule has 0 bridgehead atoms. The minimum atomic E-state index is -0.876. The van der Waals surface area contributed by atoms with Crippen molar-refractivity contribution in [3.05, 3.63) is 123 Å². The van der Waals surface area contributed by atoms with Crippen molar-refractivity contribution in [3.8, 4) is 34.1 Å². The van der Waals surface area contributed by atoms with E-state index in [0.29, 0.717) is 0 Å². The summed E-state index contributed by atoms with van der Waals surface area (Å²) in [6.07, 6.45) is 14.8. The summed E-state index contributed by atoms with van der Waals surface area (Å²) in [5.41, 5.74) is 7.52. The standard InChI is InChI=1S/C45H47BrO4/c1-4-6-8-12-26-48-34-20-16-32(17-21-34)45(33-18-22-35(23-19-33)49-27-13-9-7-5-2)25-24-37-38-28-31-14-10-11-15-36(31)43(38)39-29-41(46)42(47-3)30-40(39)44(37)50-45/h10-11,14-25,29-30H,4-9,12-13,26-28H2,1-3H3. The molecule has 5 heteroatoms. The van der Waals surface area contributed by atoms with Gasteiger partial charge in [-0.05, 0) is 105 Å². The predicted molar refractivity (Wildman–Crippen MR) is 209 cm³/mol. The SMILES string of the molecule is CCCCCCOc1ccc(C2(c3ccc(OCCCCCC)cc3)C=Cc3c4c(c5cc(Br)c(OC)cc5c3O2)-c2ccccc2C4)cc1. The van der Waals surface area contributed by atoms with Gasteiger partial charge in [0.25, 0.3) is 0 Å². The van der Waals surface area contributed by atoms with Crippen LogP contribution in [-0.2, 0) is 12.0 Å². The number of hydrogen-bond acceptors (Lipinski definition) is 4. The monoisotopic (exact) mass is 730 g/mol. The van der Waals surface area contributed by atoms with Crippen LogP contribution in [0.25, 0.3) is 28.0 Å². The van der Waals surface area contributed by atoms with Crippen molar-refractivity contribution in [1.29, 1.82) is 0 Å². The summed E-state index contributed by atoms with van der Waals surface area (Å²) in [5.74, 6) is 3.40. The third-order valence-corrected chi connectivity index (χ3v) is 10.8. The Balaban J connectivity index is 1.31. The fourth-order valence-electron chi connectivity index (χ4n) is 7.48. The third-order valence-electron chi connectivity index (χ3n) is 10.2. The number of unbranched alkanes of at least 4 members (excludes halogenated alkanes) is 6. The van der Waals surface area contributed by atoms with Crippen molar-refractivity contribution in [2.45, 2.75) is 77.2 Å². The second kappa shape index (κ2) is 15.3. The Morgan fingerprint density at radius 3 is 1.94 bits per heavy atom. The van der Waals surface area contributed by atoms with Crippen LogP contribution in [-0.4, -0.2) is 20.3 Å². The molecule has 0 spiro atoms. The van der Waals surface area contributed by atoms with Gasteiger partial charge in [-0.1, -0.05) is 107 Å². The first-order valence-corrected chi connectivity index (χ1v) is 19.1. The summed E-state index contributed by atoms with van der Waals surface area (Å²) in [7, 11) is 1.72. The zero-order valence-electron chi connectivity index (χ0n) is 29.5. The normalized spacial score (nSPS) is 13.8. The number of methoxy groups -OCH3 is 1. The maximum atomic E-state index is 7.46. The molecule has 7 rings (SSSR count). The van der Waals surface area contributed by atoms with Crippen molar-refractivity contribution in [2.75, 3.05) is 20.3 Å². The molecule has 1 heterocycles. The molecule has 0 amide bonds. The molecule has 0 saturated heterocycles. The second-order valence-electron chi connectivity index (χ2n) is 13.5. The van der Waals surface area contributed by atoms with Gasteiger partial charge in [-0.15, -0.1) is 0 Å². The average Bonchev–Trinajstić information content (AvgIpc) is 3.55. The zero-order valence-corrected chi connectivity index (χ0v) is 31.1. The highest BCUT2D eigenvalue weighted by Crippen LogP contribution is 2.54. The minimum absolute atomic E-state index is 0.727. The predicted octanol–water partition coefficient (Wildman–Crippen LogP) is 12.4. The van der Waals surface area contributed by atoms with Gasteiger partial charge in [0.2, 0.25) is 0 Å². The van der Waals surface area contributed by atoms with E-state index in [-0.39, 0.29) is 0 Å². The molecule has 0 aromatic heterocycles. The fourth-order valence-corrected chi connectivity index (χ4v) is 7.98. The Labute approximate surface area is 305 Å². The first-order valence-electron chi connectivity index (χ1n) is 18.4. The molecular weight excluding hydrogens is 684 g/mol. The quantitative estimate of drug-likeness (QED) is 0.0986. The zero-order chi connectivity index (χ0) is 34.5. The summed E-state index contributed by atoms with van der Waals surface area (Å²) in [4.78, 5) is 0. The molecule has 0 N–H and O–H groups in total. The van der Waals surface area contributed by atoms with Gasteiger partial charge in [0.05, 0.1) is 24.8 Å². The highest BCUT2D eigenvalue weighted by Gasteiger charge is 2.40. The number of ether oxygens (including phenoxy) is 4. The second-order valence-corrected chi connectivity index (χ2v) is 14.4. The van der Waals surface area contributed by atoms with Crippen molar-refractivity contribution < 1.29 is 18.9 Å². The van der Waals surface area contributed by atoms with E-state index in [9.17, 15) is 0 Å². The van der Waals surface area contributed by atoms with Crippen LogP contribution in [0.15, 0.2) is 95.5 Å². The molecule has 0 atom stereocenters. The smallest absolute Gasteiger partial charge is 0.178 e. The first kappa shape index (κ1) is 34.2. The molecule has 258 valence electrons. The Morgan fingerprint density at radius 2 is 1.34 bits per heavy atom. The van der Waals surface area contributed by atoms with E-state index in [1.165, 1.54) is 60.8 Å².